The van der Waals surface area contributed by atoms with E-state index in [-0.39, 0.29) is 39.1 Å². The molecule has 1 radical (unpaired) electrons. The van der Waals surface area contributed by atoms with Crippen LogP contribution < -0.4 is 0 Å². The molecule has 0 heterocycles. The van der Waals surface area contributed by atoms with Gasteiger partial charge >= 0.3 is 0 Å². The van der Waals surface area contributed by atoms with E-state index in [4.69, 9.17) is 10.2 Å². The van der Waals surface area contributed by atoms with Crippen molar-refractivity contribution in [2.24, 2.45) is 0 Å². The minimum absolute atomic E-state index is 0. The van der Waals surface area contributed by atoms with Crippen molar-refractivity contribution >= 4 is 35.5 Å². The van der Waals surface area contributed by atoms with Crippen LogP contribution in [0.3, 0.4) is 0 Å². The van der Waals surface area contributed by atoms with E-state index < -0.39 is 11.9 Å². The molecule has 7 heteroatoms. The number of hydrogen-bond donors (Lipinski definition) is 2. The van der Waals surface area contributed by atoms with Crippen LogP contribution in [0.1, 0.15) is 0 Å². The Hall–Kier alpha value is 0.614. The van der Waals surface area contributed by atoms with Gasteiger partial charge in [0.15, 0.2) is 11.9 Å². The smallest absolute Gasteiger partial charge is 0.173 e. The van der Waals surface area contributed by atoms with E-state index in [0.717, 1.165) is 0 Å². The molecule has 0 unspecified atom stereocenters. The molecule has 4 nitrogen and oxygen atoms in total. The van der Waals surface area contributed by atoms with Gasteiger partial charge in [-0.2, -0.15) is 18.2 Å². The summed E-state index contributed by atoms with van der Waals surface area (Å²) in [6.07, 6.45) is 4.35. The van der Waals surface area contributed by atoms with Crippen LogP contribution >= 0.6 is 23.5 Å². The van der Waals surface area contributed by atoms with Gasteiger partial charge < -0.3 is 22.0 Å². The van der Waals surface area contributed by atoms with E-state index in [0.29, 0.717) is 0 Å². The quantitative estimate of drug-likeness (QED) is 0.452. The molecule has 0 amide bonds. The van der Waals surface area contributed by atoms with Crippen LogP contribution in [0.5, 0.6) is 0 Å². The molecule has 0 aliphatic carbocycles. The average Bonchev–Trinajstić information content (AvgIpc) is 1.99. The normalized spacial score (nSPS) is 7.57. The number of aliphatic carboxylic acids is 2. The Bertz CT molecular complexity index is 139. The van der Waals surface area contributed by atoms with Crippen LogP contribution in [-0.4, -0.2) is 40.4 Å². The Labute approximate surface area is 117 Å². The third-order valence-electron chi connectivity index (χ3n) is 0.648. The van der Waals surface area contributed by atoms with Gasteiger partial charge in [0, 0.05) is 32.7 Å². The molecule has 14 heavy (non-hydrogen) atoms. The molecule has 0 aliphatic rings. The largest absolute Gasteiger partial charge is 0.503 e. The molecule has 0 saturated heterocycles. The molecule has 0 aromatic carbocycles. The van der Waals surface area contributed by atoms with Crippen molar-refractivity contribution in [3.63, 3.8) is 0 Å². The summed E-state index contributed by atoms with van der Waals surface area (Å²) in [6.45, 7) is 0. The average molecular weight is 313 g/mol. The maximum Gasteiger partial charge on any atom is 0.173 e. The number of rotatable bonds is 5. The molecule has 0 saturated carbocycles. The van der Waals surface area contributed by atoms with Crippen LogP contribution in [0.4, 0.5) is 0 Å². The molecule has 0 aliphatic heterocycles. The number of thioether (sulfide) groups is 2. The van der Waals surface area contributed by atoms with Crippen LogP contribution in [0.2, 0.25) is 0 Å². The Morgan fingerprint density at radius 2 is 1.64 bits per heavy atom. The van der Waals surface area contributed by atoms with Gasteiger partial charge in [-0.3, -0.25) is 15.3 Å². The molecule has 0 aromatic rings. The first kappa shape index (κ1) is 20.1. The zero-order valence-electron chi connectivity index (χ0n) is 7.97. The third kappa shape index (κ3) is 29.3. The first-order valence-corrected chi connectivity index (χ1v) is 5.86. The molecule has 81 valence electrons. The summed E-state index contributed by atoms with van der Waals surface area (Å²) in [5.74, 6) is 0.478. The zero-order valence-corrected chi connectivity index (χ0v) is 12.4. The van der Waals surface area contributed by atoms with Gasteiger partial charge in [0.2, 0.25) is 0 Å². The summed E-state index contributed by atoms with van der Waals surface area (Å²) >= 11 is 3.63. The monoisotopic (exact) mass is 313 g/mol. The standard InChI is InChI=1S/C4H9S2.C3H3O4.Y/c1-5-3-4-6-2;4-2(5)1-3(6)7;/h3H,4H2,1-2H3;1H,(H,4,5)(H,6,7);/q2*-1;. The maximum absolute atomic E-state index is 9.37. The fraction of sp³-hybridized carbons (Fsp3) is 0.429. The van der Waals surface area contributed by atoms with E-state index in [9.17, 15) is 9.59 Å². The van der Waals surface area contributed by atoms with Crippen molar-refractivity contribution in [1.29, 1.82) is 0 Å². The number of carbonyl (C=O) groups is 2. The van der Waals surface area contributed by atoms with Gasteiger partial charge in [-0.25, -0.2) is 0 Å². The van der Waals surface area contributed by atoms with Gasteiger partial charge in [-0.15, -0.1) is 5.75 Å². The van der Waals surface area contributed by atoms with Crippen molar-refractivity contribution < 1.29 is 52.5 Å². The molecule has 2 N–H and O–H groups in total. The first-order chi connectivity index (χ1) is 6.04. The SMILES string of the molecule is CS[CH-]CSC.O=C(O)[CH-]C(=O)O.[Y]. The van der Waals surface area contributed by atoms with Gasteiger partial charge in [-0.1, -0.05) is 0 Å². The van der Waals surface area contributed by atoms with E-state index in [1.54, 1.807) is 11.8 Å². The predicted molar refractivity (Wildman–Crippen MR) is 55.8 cm³/mol. The van der Waals surface area contributed by atoms with Crippen LogP contribution in [0.15, 0.2) is 0 Å². The number of carboxylic acid groups (broad SMARTS) is 2. The summed E-state index contributed by atoms with van der Waals surface area (Å²) in [4.78, 5) is 18.7. The molecule has 0 fully saturated rings. The minimum atomic E-state index is -1.44. The third-order valence-corrected chi connectivity index (χ3v) is 1.86. The van der Waals surface area contributed by atoms with E-state index in [1.165, 1.54) is 5.75 Å². The molecule has 0 atom stereocenters. The summed E-state index contributed by atoms with van der Waals surface area (Å²) in [5.41, 5.74) is 0. The fourth-order valence-electron chi connectivity index (χ4n) is 0.242. The van der Waals surface area contributed by atoms with Gasteiger partial charge in [0.1, 0.15) is 0 Å². The fourth-order valence-corrected chi connectivity index (χ4v) is 1.33. The van der Waals surface area contributed by atoms with Gasteiger partial charge in [0.25, 0.3) is 0 Å². The maximum atomic E-state index is 9.37. The zero-order chi connectivity index (χ0) is 10.7. The van der Waals surface area contributed by atoms with Crippen LogP contribution in [0, 0.1) is 12.2 Å². The van der Waals surface area contributed by atoms with Crippen molar-refractivity contribution in [2.45, 2.75) is 0 Å². The van der Waals surface area contributed by atoms with Gasteiger partial charge in [0.05, 0.1) is 0 Å². The second-order valence-electron chi connectivity index (χ2n) is 1.68. The summed E-state index contributed by atoms with van der Waals surface area (Å²) in [7, 11) is 0. The van der Waals surface area contributed by atoms with Crippen molar-refractivity contribution in [3.05, 3.63) is 12.2 Å². The Kier molecular flexibility index (Phi) is 23.0. The van der Waals surface area contributed by atoms with Crippen LogP contribution in [-0.2, 0) is 42.3 Å². The van der Waals surface area contributed by atoms with E-state index >= 15 is 0 Å². The second kappa shape index (κ2) is 16.1. The first-order valence-electron chi connectivity index (χ1n) is 3.18. The predicted octanol–water partition coefficient (Wildman–Crippen LogP) is 1.23. The summed E-state index contributed by atoms with van der Waals surface area (Å²) in [6, 6.07) is 0. The molecule has 0 spiro atoms. The van der Waals surface area contributed by atoms with E-state index in [2.05, 4.69) is 18.3 Å². The van der Waals surface area contributed by atoms with Crippen molar-refractivity contribution in [1.82, 2.24) is 0 Å². The Morgan fingerprint density at radius 1 is 1.21 bits per heavy atom. The van der Waals surface area contributed by atoms with Gasteiger partial charge in [-0.05, 0) is 12.5 Å². The molecule has 0 aromatic heterocycles. The topological polar surface area (TPSA) is 74.6 Å². The summed E-state index contributed by atoms with van der Waals surface area (Å²) in [5, 5.41) is 15.3. The molecule has 0 bridgehead atoms. The second-order valence-corrected chi connectivity index (χ2v) is 3.39. The Balaban J connectivity index is -0.000000163. The van der Waals surface area contributed by atoms with Crippen molar-refractivity contribution in [2.75, 3.05) is 18.3 Å². The molecule has 0 rings (SSSR count). The molecular formula is C7H12O4S2Y-2. The number of hydrogen-bond acceptors (Lipinski definition) is 4. The Morgan fingerprint density at radius 3 is 1.71 bits per heavy atom. The van der Waals surface area contributed by atoms with E-state index in [1.807, 2.05) is 11.8 Å². The summed E-state index contributed by atoms with van der Waals surface area (Å²) < 4.78 is 0. The number of carboxylic acids is 2. The molecular weight excluding hydrogens is 301 g/mol. The van der Waals surface area contributed by atoms with Crippen molar-refractivity contribution in [3.8, 4) is 0 Å². The minimum Gasteiger partial charge on any atom is -0.503 e. The van der Waals surface area contributed by atoms with Crippen LogP contribution in [0.25, 0.3) is 0 Å².